The van der Waals surface area contributed by atoms with Crippen LogP contribution in [0, 0.1) is 11.8 Å². The Morgan fingerprint density at radius 1 is 1.33 bits per heavy atom. The van der Waals surface area contributed by atoms with Crippen molar-refractivity contribution >= 4 is 5.97 Å². The Labute approximate surface area is 143 Å². The van der Waals surface area contributed by atoms with Gasteiger partial charge in [-0.15, -0.1) is 0 Å². The summed E-state index contributed by atoms with van der Waals surface area (Å²) in [6.07, 6.45) is 4.42. The molecule has 0 saturated carbocycles. The molecule has 0 radical (unpaired) electrons. The quantitative estimate of drug-likeness (QED) is 0.756. The summed E-state index contributed by atoms with van der Waals surface area (Å²) in [6, 6.07) is 9.67. The highest BCUT2D eigenvalue weighted by atomic mass is 16.5. The number of benzene rings is 1. The monoisotopic (exact) mass is 330 g/mol. The predicted octanol–water partition coefficient (Wildman–Crippen LogP) is 2.90. The molecule has 0 saturated heterocycles. The molecule has 24 heavy (non-hydrogen) atoms. The van der Waals surface area contributed by atoms with Crippen molar-refractivity contribution in [3.63, 3.8) is 0 Å². The number of carbonyl (C=O) groups excluding carboxylic acids is 1. The van der Waals surface area contributed by atoms with E-state index in [4.69, 9.17) is 4.74 Å². The number of imidazole rings is 1. The van der Waals surface area contributed by atoms with E-state index in [1.54, 1.807) is 12.5 Å². The highest BCUT2D eigenvalue weighted by Gasteiger charge is 2.29. The molecule has 0 aliphatic carbocycles. The number of carbonyl (C=O) groups is 1. The normalized spacial score (nSPS) is 14.8. The average Bonchev–Trinajstić information content (AvgIpc) is 3.00. The van der Waals surface area contributed by atoms with Crippen LogP contribution in [0.2, 0.25) is 0 Å². The molecule has 130 valence electrons. The Kier molecular flexibility index (Phi) is 6.55. The third-order valence-corrected chi connectivity index (χ3v) is 4.50. The van der Waals surface area contributed by atoms with E-state index in [1.165, 1.54) is 0 Å². The summed E-state index contributed by atoms with van der Waals surface area (Å²) in [4.78, 5) is 16.7. The number of aliphatic hydroxyl groups excluding tert-OH is 1. The number of ether oxygens (including phenoxy) is 1. The molecule has 2 rings (SSSR count). The zero-order valence-electron chi connectivity index (χ0n) is 14.6. The molecule has 0 fully saturated rings. The van der Waals surface area contributed by atoms with Crippen LogP contribution in [-0.4, -0.2) is 27.2 Å². The molecule has 1 heterocycles. The van der Waals surface area contributed by atoms with Crippen LogP contribution < -0.4 is 0 Å². The van der Waals surface area contributed by atoms with E-state index in [-0.39, 0.29) is 30.5 Å². The zero-order chi connectivity index (χ0) is 17.5. The first-order valence-corrected chi connectivity index (χ1v) is 8.38. The minimum Gasteiger partial charge on any atom is -0.458 e. The van der Waals surface area contributed by atoms with Gasteiger partial charge in [0.2, 0.25) is 0 Å². The fourth-order valence-corrected chi connectivity index (χ4v) is 2.93. The first-order chi connectivity index (χ1) is 11.6. The molecule has 2 aromatic rings. The van der Waals surface area contributed by atoms with Gasteiger partial charge < -0.3 is 14.4 Å². The van der Waals surface area contributed by atoms with E-state index in [1.807, 2.05) is 55.8 Å². The minimum absolute atomic E-state index is 0.0570. The Hall–Kier alpha value is -2.14. The van der Waals surface area contributed by atoms with E-state index in [0.29, 0.717) is 12.8 Å². The molecule has 5 nitrogen and oxygen atoms in total. The molecule has 0 aliphatic rings. The number of rotatable bonds is 8. The van der Waals surface area contributed by atoms with Crippen LogP contribution in [-0.2, 0) is 23.0 Å². The maximum absolute atomic E-state index is 12.6. The largest absolute Gasteiger partial charge is 0.458 e. The maximum atomic E-state index is 12.6. The third-order valence-electron chi connectivity index (χ3n) is 4.50. The number of hydrogen-bond acceptors (Lipinski definition) is 4. The number of aromatic nitrogens is 2. The van der Waals surface area contributed by atoms with Crippen molar-refractivity contribution in [3.8, 4) is 0 Å². The van der Waals surface area contributed by atoms with Gasteiger partial charge >= 0.3 is 5.97 Å². The van der Waals surface area contributed by atoms with Gasteiger partial charge in [0.25, 0.3) is 0 Å². The van der Waals surface area contributed by atoms with Crippen LogP contribution in [0.25, 0.3) is 0 Å². The number of hydrogen-bond donors (Lipinski definition) is 1. The number of aryl methyl sites for hydroxylation is 1. The Morgan fingerprint density at radius 2 is 2.04 bits per heavy atom. The minimum atomic E-state index is -0.337. The summed E-state index contributed by atoms with van der Waals surface area (Å²) in [7, 11) is 1.91. The molecular formula is C19H26N2O3. The number of nitrogens with zero attached hydrogens (tertiary/aromatic N) is 2. The van der Waals surface area contributed by atoms with Gasteiger partial charge in [-0.1, -0.05) is 37.3 Å². The van der Waals surface area contributed by atoms with Gasteiger partial charge in [0.05, 0.1) is 12.2 Å². The fraction of sp³-hybridized carbons (Fsp3) is 0.474. The lowest BCUT2D eigenvalue weighted by atomic mass is 9.87. The van der Waals surface area contributed by atoms with Gasteiger partial charge in [-0.3, -0.25) is 4.79 Å². The standard InChI is InChI=1S/C19H26N2O3/c1-4-18(16(12-22)10-17-11-20-13-21(17)3)19(23)24-14(2)15-8-6-5-7-9-15/h5-9,11,13-14,16,18,22H,4,10,12H2,1-3H3/t14?,16-,18-/m0/s1. The summed E-state index contributed by atoms with van der Waals surface area (Å²) in [5.74, 6) is -0.771. The van der Waals surface area contributed by atoms with Crippen LogP contribution >= 0.6 is 0 Å². The van der Waals surface area contributed by atoms with Crippen molar-refractivity contribution in [2.24, 2.45) is 18.9 Å². The summed E-state index contributed by atoms with van der Waals surface area (Å²) < 4.78 is 7.56. The smallest absolute Gasteiger partial charge is 0.309 e. The predicted molar refractivity (Wildman–Crippen MR) is 92.2 cm³/mol. The highest BCUT2D eigenvalue weighted by Crippen LogP contribution is 2.25. The van der Waals surface area contributed by atoms with Crippen molar-refractivity contribution in [1.29, 1.82) is 0 Å². The van der Waals surface area contributed by atoms with Crippen LogP contribution in [0.15, 0.2) is 42.9 Å². The third kappa shape index (κ3) is 4.45. The molecule has 1 aromatic heterocycles. The van der Waals surface area contributed by atoms with Gasteiger partial charge in [0, 0.05) is 31.5 Å². The van der Waals surface area contributed by atoms with E-state index in [2.05, 4.69) is 4.98 Å². The maximum Gasteiger partial charge on any atom is 0.309 e. The van der Waals surface area contributed by atoms with E-state index in [0.717, 1.165) is 11.3 Å². The average molecular weight is 330 g/mol. The molecule has 0 bridgehead atoms. The molecule has 3 atom stereocenters. The lowest BCUT2D eigenvalue weighted by molar-refractivity contribution is -0.156. The topological polar surface area (TPSA) is 64.3 Å². The van der Waals surface area contributed by atoms with Crippen molar-refractivity contribution in [3.05, 3.63) is 54.1 Å². The van der Waals surface area contributed by atoms with Crippen LogP contribution in [0.5, 0.6) is 0 Å². The SMILES string of the molecule is CC[C@H](C(=O)OC(C)c1ccccc1)[C@H](CO)Cc1cncn1C. The van der Waals surface area contributed by atoms with Crippen LogP contribution in [0.3, 0.4) is 0 Å². The van der Waals surface area contributed by atoms with E-state index < -0.39 is 0 Å². The van der Waals surface area contributed by atoms with Gasteiger partial charge in [-0.05, 0) is 25.3 Å². The Morgan fingerprint density at radius 3 is 2.58 bits per heavy atom. The van der Waals surface area contributed by atoms with Gasteiger partial charge in [0.15, 0.2) is 0 Å². The Balaban J connectivity index is 2.05. The van der Waals surface area contributed by atoms with Crippen molar-refractivity contribution in [2.45, 2.75) is 32.8 Å². The molecule has 0 spiro atoms. The zero-order valence-corrected chi connectivity index (χ0v) is 14.6. The van der Waals surface area contributed by atoms with Crippen molar-refractivity contribution in [1.82, 2.24) is 9.55 Å². The fourth-order valence-electron chi connectivity index (χ4n) is 2.93. The Bertz CT molecular complexity index is 639. The van der Waals surface area contributed by atoms with Crippen LogP contribution in [0.4, 0.5) is 0 Å². The molecule has 1 N–H and O–H groups in total. The first kappa shape index (κ1) is 18.2. The first-order valence-electron chi connectivity index (χ1n) is 8.38. The highest BCUT2D eigenvalue weighted by molar-refractivity contribution is 5.73. The second kappa shape index (κ2) is 8.64. The molecule has 0 amide bonds. The molecular weight excluding hydrogens is 304 g/mol. The second-order valence-corrected chi connectivity index (χ2v) is 6.15. The van der Waals surface area contributed by atoms with Crippen LogP contribution in [0.1, 0.15) is 37.6 Å². The number of aliphatic hydroxyl groups is 1. The van der Waals surface area contributed by atoms with Gasteiger partial charge in [0.1, 0.15) is 6.10 Å². The lowest BCUT2D eigenvalue weighted by Gasteiger charge is -2.25. The molecule has 1 aromatic carbocycles. The molecule has 5 heteroatoms. The van der Waals surface area contributed by atoms with Crippen molar-refractivity contribution < 1.29 is 14.6 Å². The summed E-state index contributed by atoms with van der Waals surface area (Å²) >= 11 is 0. The number of esters is 1. The summed E-state index contributed by atoms with van der Waals surface area (Å²) in [5.41, 5.74) is 1.96. The lowest BCUT2D eigenvalue weighted by Crippen LogP contribution is -2.30. The van der Waals surface area contributed by atoms with E-state index >= 15 is 0 Å². The second-order valence-electron chi connectivity index (χ2n) is 6.15. The van der Waals surface area contributed by atoms with Crippen molar-refractivity contribution in [2.75, 3.05) is 6.61 Å². The van der Waals surface area contributed by atoms with E-state index in [9.17, 15) is 9.90 Å². The summed E-state index contributed by atoms with van der Waals surface area (Å²) in [5, 5.41) is 9.78. The summed E-state index contributed by atoms with van der Waals surface area (Å²) in [6.45, 7) is 3.76. The molecule has 1 unspecified atom stereocenters. The van der Waals surface area contributed by atoms with Gasteiger partial charge in [-0.25, -0.2) is 4.98 Å². The molecule has 0 aliphatic heterocycles. The van der Waals surface area contributed by atoms with Gasteiger partial charge in [-0.2, -0.15) is 0 Å².